The van der Waals surface area contributed by atoms with Gasteiger partial charge in [-0.3, -0.25) is 4.79 Å². The molecule has 1 N–H and O–H groups in total. The summed E-state index contributed by atoms with van der Waals surface area (Å²) < 4.78 is 0. The van der Waals surface area contributed by atoms with Crippen LogP contribution in [0.3, 0.4) is 0 Å². The zero-order valence-electron chi connectivity index (χ0n) is 14.5. The van der Waals surface area contributed by atoms with Crippen molar-refractivity contribution in [2.45, 2.75) is 45.6 Å². The lowest BCUT2D eigenvalue weighted by Gasteiger charge is -2.17. The molecule has 0 aliphatic carbocycles. The van der Waals surface area contributed by atoms with Gasteiger partial charge in [0.1, 0.15) is 10.8 Å². The maximum atomic E-state index is 12.6. The molecule has 6 heteroatoms. The van der Waals surface area contributed by atoms with Gasteiger partial charge in [-0.2, -0.15) is 0 Å². The number of hydrogen-bond acceptors (Lipinski definition) is 5. The third kappa shape index (κ3) is 3.75. The topological polar surface area (TPSA) is 58.1 Å². The number of rotatable bonds is 4. The highest BCUT2D eigenvalue weighted by molar-refractivity contribution is 7.09. The second-order valence-corrected chi connectivity index (χ2v) is 8.07. The van der Waals surface area contributed by atoms with Crippen LogP contribution in [0.1, 0.15) is 54.7 Å². The van der Waals surface area contributed by atoms with E-state index in [-0.39, 0.29) is 11.3 Å². The van der Waals surface area contributed by atoms with E-state index in [0.29, 0.717) is 17.9 Å². The van der Waals surface area contributed by atoms with Crippen LogP contribution >= 0.6 is 11.3 Å². The van der Waals surface area contributed by atoms with E-state index >= 15 is 0 Å². The number of likely N-dealkylation sites (tertiary alicyclic amines) is 1. The van der Waals surface area contributed by atoms with Gasteiger partial charge in [0, 0.05) is 30.1 Å². The van der Waals surface area contributed by atoms with Crippen molar-refractivity contribution in [2.75, 3.05) is 18.4 Å². The molecular formula is C18H24N4OS. The van der Waals surface area contributed by atoms with Gasteiger partial charge >= 0.3 is 0 Å². The first-order chi connectivity index (χ1) is 11.4. The smallest absolute Gasteiger partial charge is 0.257 e. The van der Waals surface area contributed by atoms with E-state index in [2.05, 4.69) is 41.4 Å². The molecule has 3 heterocycles. The van der Waals surface area contributed by atoms with Gasteiger partial charge in [0.05, 0.1) is 17.8 Å². The highest BCUT2D eigenvalue weighted by Crippen LogP contribution is 2.25. The number of nitrogens with zero attached hydrogens (tertiary/aromatic N) is 3. The first-order valence-electron chi connectivity index (χ1n) is 8.38. The molecule has 1 amide bonds. The molecule has 3 rings (SSSR count). The largest absolute Gasteiger partial charge is 0.363 e. The second-order valence-electron chi connectivity index (χ2n) is 7.13. The Bertz CT molecular complexity index is 714. The maximum absolute atomic E-state index is 12.6. The number of carbonyl (C=O) groups excluding carboxylic acids is 1. The Morgan fingerprint density at radius 3 is 2.75 bits per heavy atom. The zero-order valence-corrected chi connectivity index (χ0v) is 15.3. The third-order valence-corrected chi connectivity index (χ3v) is 5.01. The Hall–Kier alpha value is -1.95. The molecule has 128 valence electrons. The monoisotopic (exact) mass is 344 g/mol. The number of nitrogens with one attached hydrogen (secondary N) is 1. The lowest BCUT2D eigenvalue weighted by Crippen LogP contribution is -2.28. The predicted octanol–water partition coefficient (Wildman–Crippen LogP) is 3.68. The van der Waals surface area contributed by atoms with Crippen LogP contribution in [0.4, 0.5) is 5.82 Å². The normalized spacial score (nSPS) is 14.9. The lowest BCUT2D eigenvalue weighted by atomic mass is 9.93. The van der Waals surface area contributed by atoms with E-state index in [9.17, 15) is 4.79 Å². The lowest BCUT2D eigenvalue weighted by molar-refractivity contribution is 0.0793. The average molecular weight is 344 g/mol. The Labute approximate surface area is 147 Å². The molecule has 1 aliphatic rings. The molecule has 2 aromatic rings. The van der Waals surface area contributed by atoms with E-state index in [4.69, 9.17) is 0 Å². The van der Waals surface area contributed by atoms with E-state index < -0.39 is 0 Å². The molecule has 1 fully saturated rings. The molecule has 0 saturated carbocycles. The number of thiazole rings is 1. The van der Waals surface area contributed by atoms with E-state index in [1.807, 2.05) is 17.0 Å². The highest BCUT2D eigenvalue weighted by Gasteiger charge is 2.22. The van der Waals surface area contributed by atoms with Crippen molar-refractivity contribution in [3.05, 3.63) is 40.0 Å². The van der Waals surface area contributed by atoms with Crippen LogP contribution in [0.25, 0.3) is 0 Å². The van der Waals surface area contributed by atoms with Crippen LogP contribution in [0.15, 0.2) is 23.7 Å². The molecule has 0 atom stereocenters. The second kappa shape index (κ2) is 6.89. The van der Waals surface area contributed by atoms with Crippen molar-refractivity contribution >= 4 is 23.1 Å². The molecule has 0 unspecified atom stereocenters. The number of pyridine rings is 1. The Kier molecular flexibility index (Phi) is 4.85. The van der Waals surface area contributed by atoms with Crippen LogP contribution in [0.5, 0.6) is 0 Å². The van der Waals surface area contributed by atoms with Crippen molar-refractivity contribution in [1.82, 2.24) is 14.9 Å². The first kappa shape index (κ1) is 16.9. The molecule has 2 aromatic heterocycles. The fourth-order valence-corrected chi connectivity index (χ4v) is 3.67. The minimum Gasteiger partial charge on any atom is -0.363 e. The molecule has 0 radical (unpaired) electrons. The summed E-state index contributed by atoms with van der Waals surface area (Å²) in [6, 6.07) is 3.66. The van der Waals surface area contributed by atoms with Crippen molar-refractivity contribution in [3.63, 3.8) is 0 Å². The quantitative estimate of drug-likeness (QED) is 0.919. The van der Waals surface area contributed by atoms with Gasteiger partial charge in [-0.25, -0.2) is 9.97 Å². The first-order valence-corrected chi connectivity index (χ1v) is 9.26. The van der Waals surface area contributed by atoms with Gasteiger partial charge in [-0.05, 0) is 25.0 Å². The summed E-state index contributed by atoms with van der Waals surface area (Å²) in [5.41, 5.74) is 1.79. The number of hydrogen-bond donors (Lipinski definition) is 1. The van der Waals surface area contributed by atoms with Crippen LogP contribution in [0.2, 0.25) is 0 Å². The van der Waals surface area contributed by atoms with Gasteiger partial charge in [-0.15, -0.1) is 11.3 Å². The number of aromatic nitrogens is 2. The Morgan fingerprint density at radius 1 is 1.33 bits per heavy atom. The molecule has 1 aliphatic heterocycles. The molecule has 24 heavy (non-hydrogen) atoms. The van der Waals surface area contributed by atoms with Crippen LogP contribution in [-0.4, -0.2) is 33.9 Å². The highest BCUT2D eigenvalue weighted by atomic mass is 32.1. The molecule has 1 saturated heterocycles. The van der Waals surface area contributed by atoms with Crippen molar-refractivity contribution < 1.29 is 4.79 Å². The minimum absolute atomic E-state index is 0.0522. The molecular weight excluding hydrogens is 320 g/mol. The van der Waals surface area contributed by atoms with E-state index in [1.165, 1.54) is 0 Å². The standard InChI is InChI=1S/C18H24N4OS/c1-18(2,3)14-12-24-15(21-14)11-20-16-13(7-6-8-19-16)17(23)22-9-4-5-10-22/h6-8,12H,4-5,9-11H2,1-3H3,(H,19,20). The molecule has 0 spiro atoms. The fraction of sp³-hybridized carbons (Fsp3) is 0.500. The van der Waals surface area contributed by atoms with Crippen LogP contribution < -0.4 is 5.32 Å². The summed E-state index contributed by atoms with van der Waals surface area (Å²) in [7, 11) is 0. The van der Waals surface area contributed by atoms with Crippen molar-refractivity contribution in [1.29, 1.82) is 0 Å². The van der Waals surface area contributed by atoms with Crippen molar-refractivity contribution in [2.24, 2.45) is 0 Å². The number of amides is 1. The predicted molar refractivity (Wildman–Crippen MR) is 97.5 cm³/mol. The Morgan fingerprint density at radius 2 is 2.08 bits per heavy atom. The third-order valence-electron chi connectivity index (χ3n) is 4.16. The molecule has 0 aromatic carbocycles. The summed E-state index contributed by atoms with van der Waals surface area (Å²) in [4.78, 5) is 23.6. The summed E-state index contributed by atoms with van der Waals surface area (Å²) in [6.07, 6.45) is 3.89. The minimum atomic E-state index is 0.0522. The number of carbonyl (C=O) groups is 1. The van der Waals surface area contributed by atoms with Gasteiger partial charge in [0.15, 0.2) is 0 Å². The summed E-state index contributed by atoms with van der Waals surface area (Å²) in [5, 5.41) is 6.40. The summed E-state index contributed by atoms with van der Waals surface area (Å²) in [6.45, 7) is 8.74. The van der Waals surface area contributed by atoms with Crippen LogP contribution in [0, 0.1) is 0 Å². The Balaban J connectivity index is 1.71. The zero-order chi connectivity index (χ0) is 17.2. The van der Waals surface area contributed by atoms with E-state index in [1.54, 1.807) is 17.5 Å². The van der Waals surface area contributed by atoms with Gasteiger partial charge in [0.25, 0.3) is 5.91 Å². The molecule has 0 bridgehead atoms. The van der Waals surface area contributed by atoms with Crippen LogP contribution in [-0.2, 0) is 12.0 Å². The maximum Gasteiger partial charge on any atom is 0.257 e. The number of anilines is 1. The summed E-state index contributed by atoms with van der Waals surface area (Å²) >= 11 is 1.64. The fourth-order valence-electron chi connectivity index (χ4n) is 2.71. The van der Waals surface area contributed by atoms with Gasteiger partial charge < -0.3 is 10.2 Å². The average Bonchev–Trinajstić information content (AvgIpc) is 3.23. The molecule has 5 nitrogen and oxygen atoms in total. The van der Waals surface area contributed by atoms with Gasteiger partial charge in [0.2, 0.25) is 0 Å². The van der Waals surface area contributed by atoms with Gasteiger partial charge in [-0.1, -0.05) is 20.8 Å². The summed E-state index contributed by atoms with van der Waals surface area (Å²) in [5.74, 6) is 0.708. The van der Waals surface area contributed by atoms with Crippen molar-refractivity contribution in [3.8, 4) is 0 Å². The SMILES string of the molecule is CC(C)(C)c1csc(CNc2ncccc2C(=O)N2CCCC2)n1. The van der Waals surface area contributed by atoms with E-state index in [0.717, 1.165) is 36.6 Å².